The first-order chi connectivity index (χ1) is 8.67. The van der Waals surface area contributed by atoms with E-state index in [9.17, 15) is 9.59 Å². The molecule has 0 unspecified atom stereocenters. The molecule has 0 bridgehead atoms. The van der Waals surface area contributed by atoms with Crippen molar-refractivity contribution in [2.75, 3.05) is 25.5 Å². The monoisotopic (exact) mass is 250 g/mol. The van der Waals surface area contributed by atoms with E-state index in [2.05, 4.69) is 27.9 Å². The fourth-order valence-corrected chi connectivity index (χ4v) is 1.24. The average Bonchev–Trinajstić information content (AvgIpc) is 2.42. The largest absolute Gasteiger partial charge is 0.370 e. The van der Waals surface area contributed by atoms with Crippen molar-refractivity contribution in [1.82, 2.24) is 15.6 Å². The molecule has 6 nitrogen and oxygen atoms in total. The molecule has 1 aromatic rings. The fraction of sp³-hybridized carbons (Fsp3) is 0.417. The van der Waals surface area contributed by atoms with Gasteiger partial charge in [-0.05, 0) is 18.6 Å². The van der Waals surface area contributed by atoms with Gasteiger partial charge in [0.1, 0.15) is 5.82 Å². The molecule has 0 aromatic carbocycles. The van der Waals surface area contributed by atoms with Gasteiger partial charge in [-0.3, -0.25) is 9.59 Å². The molecule has 6 heteroatoms. The summed E-state index contributed by atoms with van der Waals surface area (Å²) in [7, 11) is 1.52. The molecule has 0 aliphatic carbocycles. The van der Waals surface area contributed by atoms with Gasteiger partial charge in [0.25, 0.3) is 5.91 Å². The lowest BCUT2D eigenvalue weighted by atomic mass is 10.2. The van der Waals surface area contributed by atoms with Crippen LogP contribution in [0.4, 0.5) is 5.82 Å². The van der Waals surface area contributed by atoms with E-state index in [1.165, 1.54) is 13.2 Å². The Kier molecular flexibility index (Phi) is 5.63. The molecule has 2 amide bonds. The van der Waals surface area contributed by atoms with Gasteiger partial charge in [-0.25, -0.2) is 4.98 Å². The van der Waals surface area contributed by atoms with Crippen LogP contribution in [0, 0.1) is 0 Å². The van der Waals surface area contributed by atoms with Gasteiger partial charge < -0.3 is 16.0 Å². The molecule has 18 heavy (non-hydrogen) atoms. The maximum absolute atomic E-state index is 11.6. The molecule has 1 rings (SSSR count). The minimum absolute atomic E-state index is 0.0365. The van der Waals surface area contributed by atoms with Crippen LogP contribution in [-0.2, 0) is 4.79 Å². The van der Waals surface area contributed by atoms with Gasteiger partial charge in [-0.15, -0.1) is 0 Å². The minimum Gasteiger partial charge on any atom is -0.370 e. The molecule has 0 atom stereocenters. The van der Waals surface area contributed by atoms with Crippen LogP contribution in [0.15, 0.2) is 18.3 Å². The molecule has 1 aromatic heterocycles. The molecule has 0 saturated heterocycles. The Morgan fingerprint density at radius 3 is 2.67 bits per heavy atom. The number of pyridine rings is 1. The summed E-state index contributed by atoms with van der Waals surface area (Å²) in [5, 5.41) is 8.04. The summed E-state index contributed by atoms with van der Waals surface area (Å²) >= 11 is 0. The van der Waals surface area contributed by atoms with Crippen LogP contribution in [0.1, 0.15) is 23.7 Å². The Morgan fingerprint density at radius 1 is 1.33 bits per heavy atom. The zero-order valence-electron chi connectivity index (χ0n) is 10.6. The van der Waals surface area contributed by atoms with Crippen LogP contribution in [-0.4, -0.2) is 36.9 Å². The van der Waals surface area contributed by atoms with E-state index < -0.39 is 0 Å². The summed E-state index contributed by atoms with van der Waals surface area (Å²) in [6.07, 6.45) is 2.49. The zero-order chi connectivity index (χ0) is 13.4. The van der Waals surface area contributed by atoms with Gasteiger partial charge in [0, 0.05) is 19.8 Å². The molecule has 0 radical (unpaired) electrons. The van der Waals surface area contributed by atoms with Crippen molar-refractivity contribution >= 4 is 17.6 Å². The molecule has 1 heterocycles. The first-order valence-corrected chi connectivity index (χ1v) is 5.86. The highest BCUT2D eigenvalue weighted by atomic mass is 16.2. The van der Waals surface area contributed by atoms with Crippen LogP contribution in [0.2, 0.25) is 0 Å². The second-order valence-corrected chi connectivity index (χ2v) is 3.71. The van der Waals surface area contributed by atoms with Crippen molar-refractivity contribution in [3.63, 3.8) is 0 Å². The third kappa shape index (κ3) is 4.40. The van der Waals surface area contributed by atoms with Gasteiger partial charge in [0.15, 0.2) is 0 Å². The van der Waals surface area contributed by atoms with Crippen molar-refractivity contribution in [3.8, 4) is 0 Å². The molecule has 98 valence electrons. The predicted molar refractivity (Wildman–Crippen MR) is 69.4 cm³/mol. The summed E-state index contributed by atoms with van der Waals surface area (Å²) in [6, 6.07) is 3.41. The molecule has 0 aliphatic heterocycles. The predicted octanol–water partition coefficient (Wildman–Crippen LogP) is 0.379. The average molecular weight is 250 g/mol. The van der Waals surface area contributed by atoms with E-state index in [0.29, 0.717) is 5.56 Å². The van der Waals surface area contributed by atoms with Crippen molar-refractivity contribution < 1.29 is 9.59 Å². The van der Waals surface area contributed by atoms with Crippen LogP contribution in [0.25, 0.3) is 0 Å². The summed E-state index contributed by atoms with van der Waals surface area (Å²) in [5.74, 6) is 0.186. The number of nitrogens with one attached hydrogen (secondary N) is 3. The number of carbonyl (C=O) groups excluding carboxylic acids is 2. The Labute approximate surface area is 106 Å². The lowest BCUT2D eigenvalue weighted by Crippen LogP contribution is -2.35. The topological polar surface area (TPSA) is 83.1 Å². The van der Waals surface area contributed by atoms with Gasteiger partial charge in [-0.2, -0.15) is 0 Å². The van der Waals surface area contributed by atoms with Crippen molar-refractivity contribution in [2.45, 2.75) is 13.3 Å². The number of rotatable bonds is 6. The fourth-order valence-electron chi connectivity index (χ4n) is 1.24. The Morgan fingerprint density at radius 2 is 2.11 bits per heavy atom. The van der Waals surface area contributed by atoms with E-state index in [1.54, 1.807) is 12.1 Å². The molecule has 3 N–H and O–H groups in total. The summed E-state index contributed by atoms with van der Waals surface area (Å²) in [6.45, 7) is 2.87. The molecule has 0 spiro atoms. The third-order valence-electron chi connectivity index (χ3n) is 2.27. The minimum atomic E-state index is -0.312. The first-order valence-electron chi connectivity index (χ1n) is 5.86. The number of carbonyl (C=O) groups is 2. The SMILES string of the molecule is CCCNc1ccc(C(=O)NCC(=O)NC)cn1. The van der Waals surface area contributed by atoms with Crippen molar-refractivity contribution in [1.29, 1.82) is 0 Å². The van der Waals surface area contributed by atoms with Crippen LogP contribution < -0.4 is 16.0 Å². The van der Waals surface area contributed by atoms with Gasteiger partial charge in [-0.1, -0.05) is 6.92 Å². The maximum atomic E-state index is 11.6. The number of nitrogens with zero attached hydrogens (tertiary/aromatic N) is 1. The van der Waals surface area contributed by atoms with E-state index in [4.69, 9.17) is 0 Å². The number of likely N-dealkylation sites (N-methyl/N-ethyl adjacent to an activating group) is 1. The molecule has 0 saturated carbocycles. The van der Waals surface area contributed by atoms with Crippen molar-refractivity contribution in [2.24, 2.45) is 0 Å². The normalized spacial score (nSPS) is 9.67. The summed E-state index contributed by atoms with van der Waals surface area (Å²) in [5.41, 5.74) is 0.431. The standard InChI is InChI=1S/C12H18N4O2/c1-3-6-14-10-5-4-9(7-15-10)12(18)16-8-11(17)13-2/h4-5,7H,3,6,8H2,1-2H3,(H,13,17)(H,14,15)(H,16,18). The highest BCUT2D eigenvalue weighted by Crippen LogP contribution is 2.04. The zero-order valence-corrected chi connectivity index (χ0v) is 10.6. The molecule has 0 aliphatic rings. The van der Waals surface area contributed by atoms with E-state index in [-0.39, 0.29) is 18.4 Å². The van der Waals surface area contributed by atoms with E-state index >= 15 is 0 Å². The van der Waals surface area contributed by atoms with Gasteiger partial charge >= 0.3 is 0 Å². The molecular formula is C12H18N4O2. The third-order valence-corrected chi connectivity index (χ3v) is 2.27. The first kappa shape index (κ1) is 14.0. The molecular weight excluding hydrogens is 232 g/mol. The smallest absolute Gasteiger partial charge is 0.253 e. The second-order valence-electron chi connectivity index (χ2n) is 3.71. The van der Waals surface area contributed by atoms with Gasteiger partial charge in [0.05, 0.1) is 12.1 Å². The van der Waals surface area contributed by atoms with E-state index in [1.807, 2.05) is 0 Å². The van der Waals surface area contributed by atoms with Crippen molar-refractivity contribution in [3.05, 3.63) is 23.9 Å². The lowest BCUT2D eigenvalue weighted by Gasteiger charge is -2.06. The second kappa shape index (κ2) is 7.26. The quantitative estimate of drug-likeness (QED) is 0.681. The number of hydrogen-bond donors (Lipinski definition) is 3. The number of amides is 2. The van der Waals surface area contributed by atoms with Crippen LogP contribution >= 0.6 is 0 Å². The van der Waals surface area contributed by atoms with Crippen LogP contribution in [0.5, 0.6) is 0 Å². The van der Waals surface area contributed by atoms with Gasteiger partial charge in [0.2, 0.25) is 5.91 Å². The maximum Gasteiger partial charge on any atom is 0.253 e. The van der Waals surface area contributed by atoms with Crippen LogP contribution in [0.3, 0.4) is 0 Å². The highest BCUT2D eigenvalue weighted by Gasteiger charge is 2.07. The molecule has 0 fully saturated rings. The summed E-state index contributed by atoms with van der Waals surface area (Å²) < 4.78 is 0. The Bertz CT molecular complexity index is 403. The number of hydrogen-bond acceptors (Lipinski definition) is 4. The Hall–Kier alpha value is -2.11. The number of aromatic nitrogens is 1. The summed E-state index contributed by atoms with van der Waals surface area (Å²) in [4.78, 5) is 26.7. The number of anilines is 1. The lowest BCUT2D eigenvalue weighted by molar-refractivity contribution is -0.119. The highest BCUT2D eigenvalue weighted by molar-refractivity contribution is 5.96. The van der Waals surface area contributed by atoms with E-state index in [0.717, 1.165) is 18.8 Å². The Balaban J connectivity index is 2.51.